The van der Waals surface area contributed by atoms with Crippen LogP contribution in [0, 0.1) is 0 Å². The van der Waals surface area contributed by atoms with E-state index in [0.717, 1.165) is 22.3 Å². The third kappa shape index (κ3) is 4.22. The molecule has 0 unspecified atom stereocenters. The molecule has 3 rings (SSSR count). The molecule has 0 radical (unpaired) electrons. The van der Waals surface area contributed by atoms with Gasteiger partial charge in [0.25, 0.3) is 0 Å². The lowest BCUT2D eigenvalue weighted by molar-refractivity contribution is 0.0467. The van der Waals surface area contributed by atoms with E-state index in [-0.39, 0.29) is 0 Å². The van der Waals surface area contributed by atoms with Gasteiger partial charge in [-0.15, -0.1) is 0 Å². The number of nitrogens with one attached hydrogen (secondary N) is 1. The normalized spacial score (nSPS) is 22.7. The van der Waals surface area contributed by atoms with Crippen molar-refractivity contribution in [3.8, 4) is 5.75 Å². The van der Waals surface area contributed by atoms with Gasteiger partial charge in [0, 0.05) is 42.8 Å². The minimum absolute atomic E-state index is 0.423. The molecule has 0 amide bonds. The largest absolute Gasteiger partial charge is 0.497 e. The number of methoxy groups -OCH3 is 1. The first-order valence-electron chi connectivity index (χ1n) is 9.19. The Bertz CT molecular complexity index is 696. The maximum Gasteiger partial charge on any atom is 0.121 e. The third-order valence-corrected chi connectivity index (χ3v) is 5.24. The van der Waals surface area contributed by atoms with E-state index in [4.69, 9.17) is 4.74 Å². The molecule has 1 aliphatic rings. The van der Waals surface area contributed by atoms with Gasteiger partial charge in [0.05, 0.1) is 24.4 Å². The van der Waals surface area contributed by atoms with Crippen molar-refractivity contribution in [2.45, 2.75) is 51.3 Å². The van der Waals surface area contributed by atoms with Crippen molar-refractivity contribution < 1.29 is 9.84 Å². The number of hydrogen-bond acceptors (Lipinski definition) is 5. The number of pyridine rings is 1. The summed E-state index contributed by atoms with van der Waals surface area (Å²) in [5, 5.41) is 14.9. The highest BCUT2D eigenvalue weighted by atomic mass is 16.5. The Morgan fingerprint density at radius 2 is 2.08 bits per heavy atom. The number of benzene rings is 1. The number of aromatic nitrogens is 1. The van der Waals surface area contributed by atoms with Gasteiger partial charge in [0.2, 0.25) is 0 Å². The van der Waals surface area contributed by atoms with Gasteiger partial charge in [-0.3, -0.25) is 9.88 Å². The molecule has 1 fully saturated rings. The van der Waals surface area contributed by atoms with Crippen molar-refractivity contribution >= 4 is 16.6 Å². The monoisotopic (exact) mass is 343 g/mol. The number of hydrogen-bond donors (Lipinski definition) is 2. The average molecular weight is 343 g/mol. The molecule has 1 aliphatic heterocycles. The van der Waals surface area contributed by atoms with Crippen LogP contribution >= 0.6 is 0 Å². The Hall–Kier alpha value is -1.85. The fourth-order valence-electron chi connectivity index (χ4n) is 3.79. The van der Waals surface area contributed by atoms with Crippen LogP contribution in [0.15, 0.2) is 30.5 Å². The Balaban J connectivity index is 1.67. The van der Waals surface area contributed by atoms with Gasteiger partial charge >= 0.3 is 0 Å². The zero-order chi connectivity index (χ0) is 17.8. The van der Waals surface area contributed by atoms with Crippen molar-refractivity contribution in [1.29, 1.82) is 0 Å². The first-order chi connectivity index (χ1) is 12.1. The molecule has 0 bridgehead atoms. The lowest BCUT2D eigenvalue weighted by Gasteiger charge is -2.40. The van der Waals surface area contributed by atoms with Crippen molar-refractivity contribution in [3.05, 3.63) is 30.5 Å². The molecule has 2 aromatic rings. The second-order valence-electron chi connectivity index (χ2n) is 7.11. The summed E-state index contributed by atoms with van der Waals surface area (Å²) in [5.74, 6) is 0.788. The highest BCUT2D eigenvalue weighted by molar-refractivity contribution is 5.91. The smallest absolute Gasteiger partial charge is 0.121 e. The van der Waals surface area contributed by atoms with Gasteiger partial charge < -0.3 is 15.2 Å². The van der Waals surface area contributed by atoms with Crippen LogP contribution in [0.25, 0.3) is 10.9 Å². The zero-order valence-electron chi connectivity index (χ0n) is 15.4. The molecule has 1 saturated heterocycles. The Kier molecular flexibility index (Phi) is 5.76. The third-order valence-electron chi connectivity index (χ3n) is 5.24. The van der Waals surface area contributed by atoms with Crippen LogP contribution in [0.2, 0.25) is 0 Å². The molecule has 2 heterocycles. The first-order valence-corrected chi connectivity index (χ1v) is 9.19. The van der Waals surface area contributed by atoms with E-state index >= 15 is 0 Å². The fourth-order valence-corrected chi connectivity index (χ4v) is 3.79. The number of likely N-dealkylation sites (tertiary alicyclic amines) is 1. The van der Waals surface area contributed by atoms with Gasteiger partial charge in [0.15, 0.2) is 0 Å². The van der Waals surface area contributed by atoms with Crippen molar-refractivity contribution in [1.82, 2.24) is 9.88 Å². The minimum Gasteiger partial charge on any atom is -0.497 e. The summed E-state index contributed by atoms with van der Waals surface area (Å²) < 4.78 is 5.38. The first kappa shape index (κ1) is 18.0. The molecule has 3 atom stereocenters. The quantitative estimate of drug-likeness (QED) is 0.843. The topological polar surface area (TPSA) is 57.6 Å². The van der Waals surface area contributed by atoms with E-state index < -0.39 is 6.10 Å². The summed E-state index contributed by atoms with van der Waals surface area (Å²) in [6, 6.07) is 8.92. The zero-order valence-corrected chi connectivity index (χ0v) is 15.4. The van der Waals surface area contributed by atoms with Crippen molar-refractivity contribution in [2.75, 3.05) is 25.5 Å². The molecule has 5 nitrogen and oxygen atoms in total. The number of anilines is 1. The highest BCUT2D eigenvalue weighted by Crippen LogP contribution is 2.28. The molecule has 1 aromatic carbocycles. The molecule has 0 saturated carbocycles. The van der Waals surface area contributed by atoms with Crippen LogP contribution < -0.4 is 10.1 Å². The molecule has 0 aliphatic carbocycles. The lowest BCUT2D eigenvalue weighted by atomic mass is 9.97. The van der Waals surface area contributed by atoms with Gasteiger partial charge in [-0.1, -0.05) is 12.5 Å². The van der Waals surface area contributed by atoms with Crippen molar-refractivity contribution in [2.24, 2.45) is 0 Å². The van der Waals surface area contributed by atoms with Crippen LogP contribution in [-0.2, 0) is 0 Å². The van der Waals surface area contributed by atoms with Crippen molar-refractivity contribution in [3.63, 3.8) is 0 Å². The number of rotatable bonds is 6. The van der Waals surface area contributed by atoms with Gasteiger partial charge in [-0.2, -0.15) is 0 Å². The van der Waals surface area contributed by atoms with Gasteiger partial charge in [0.1, 0.15) is 5.75 Å². The van der Waals surface area contributed by atoms with Gasteiger partial charge in [-0.25, -0.2) is 0 Å². The standard InChI is InChI=1S/C20H29N3O2/c1-14-6-4-7-15(2)23(14)13-17(24)12-22-19-11-18(25-3)10-16-8-5-9-21-20(16)19/h5,8-11,14-15,17,22,24H,4,6-7,12-13H2,1-3H3/t14-,15+,17-/m1/s1. The molecule has 2 N–H and O–H groups in total. The number of ether oxygens (including phenoxy) is 1. The number of aliphatic hydroxyl groups is 1. The summed E-state index contributed by atoms with van der Waals surface area (Å²) in [7, 11) is 1.66. The molecule has 0 spiro atoms. The van der Waals surface area contributed by atoms with E-state index in [9.17, 15) is 5.11 Å². The summed E-state index contributed by atoms with van der Waals surface area (Å²) in [5.41, 5.74) is 1.80. The predicted octanol–water partition coefficient (Wildman–Crippen LogP) is 3.28. The Morgan fingerprint density at radius 3 is 2.80 bits per heavy atom. The van der Waals surface area contributed by atoms with E-state index in [1.807, 2.05) is 24.3 Å². The molecule has 5 heteroatoms. The van der Waals surface area contributed by atoms with Crippen LogP contribution in [0.1, 0.15) is 33.1 Å². The number of fused-ring (bicyclic) bond motifs is 1. The minimum atomic E-state index is -0.423. The number of aliphatic hydroxyl groups excluding tert-OH is 1. The van der Waals surface area contributed by atoms with E-state index in [2.05, 4.69) is 29.0 Å². The Labute approximate surface area is 150 Å². The number of nitrogens with zero attached hydrogens (tertiary/aromatic N) is 2. The van der Waals surface area contributed by atoms with Gasteiger partial charge in [-0.05, 0) is 38.8 Å². The molecule has 1 aromatic heterocycles. The maximum atomic E-state index is 10.5. The summed E-state index contributed by atoms with van der Waals surface area (Å²) >= 11 is 0. The molecular formula is C20H29N3O2. The number of piperidine rings is 1. The second kappa shape index (κ2) is 8.02. The van der Waals surface area contributed by atoms with Crippen LogP contribution in [-0.4, -0.2) is 53.4 Å². The second-order valence-corrected chi connectivity index (χ2v) is 7.11. The SMILES string of the molecule is COc1cc(NC[C@@H](O)CN2[C@H](C)CCC[C@@H]2C)c2ncccc2c1. The summed E-state index contributed by atoms with van der Waals surface area (Å²) in [4.78, 5) is 6.89. The van der Waals surface area contributed by atoms with Crippen LogP contribution in [0.5, 0.6) is 5.75 Å². The highest BCUT2D eigenvalue weighted by Gasteiger charge is 2.26. The Morgan fingerprint density at radius 1 is 1.32 bits per heavy atom. The van der Waals surface area contributed by atoms with E-state index in [1.165, 1.54) is 19.3 Å². The van der Waals surface area contributed by atoms with E-state index in [0.29, 0.717) is 25.2 Å². The summed E-state index contributed by atoms with van der Waals surface area (Å²) in [6.45, 7) is 5.71. The number of β-amino-alcohol motifs (C(OH)–C–C–N with tert-alkyl or cyclic N) is 1. The maximum absolute atomic E-state index is 10.5. The molecule has 136 valence electrons. The van der Waals surface area contributed by atoms with Crippen LogP contribution in [0.4, 0.5) is 5.69 Å². The van der Waals surface area contributed by atoms with E-state index in [1.54, 1.807) is 13.3 Å². The summed E-state index contributed by atoms with van der Waals surface area (Å²) in [6.07, 6.45) is 5.08. The predicted molar refractivity (Wildman–Crippen MR) is 102 cm³/mol. The average Bonchev–Trinajstić information content (AvgIpc) is 2.62. The molecular weight excluding hydrogens is 314 g/mol. The lowest BCUT2D eigenvalue weighted by Crippen LogP contribution is -2.48. The van der Waals surface area contributed by atoms with Crippen LogP contribution in [0.3, 0.4) is 0 Å². The molecule has 25 heavy (non-hydrogen) atoms. The fraction of sp³-hybridized carbons (Fsp3) is 0.550.